The van der Waals surface area contributed by atoms with Gasteiger partial charge in [0.05, 0.1) is 0 Å². The van der Waals surface area contributed by atoms with Gasteiger partial charge in [-0.25, -0.2) is 8.78 Å². The van der Waals surface area contributed by atoms with Crippen LogP contribution in [0.25, 0.3) is 0 Å². The normalized spacial score (nSPS) is 15.2. The van der Waals surface area contributed by atoms with Gasteiger partial charge in [-0.2, -0.15) is 0 Å². The van der Waals surface area contributed by atoms with Gasteiger partial charge in [0.2, 0.25) is 0 Å². The lowest BCUT2D eigenvalue weighted by Crippen LogP contribution is -1.90. The van der Waals surface area contributed by atoms with Gasteiger partial charge in [-0.3, -0.25) is 0 Å². The fourth-order valence-corrected chi connectivity index (χ4v) is 0.359. The maximum absolute atomic E-state index is 12.2. The number of rotatable bonds is 3. The molecule has 0 bridgehead atoms. The van der Waals surface area contributed by atoms with E-state index in [1.165, 1.54) is 0 Å². The zero-order valence-corrected chi connectivity index (χ0v) is 5.40. The lowest BCUT2D eigenvalue weighted by atomic mass is 10.3. The minimum atomic E-state index is -1.18. The molecule has 52 valence electrons. The Morgan fingerprint density at radius 3 is 2.67 bits per heavy atom. The SMILES string of the molecule is C=C/C(F)=C\C(F)CC. The van der Waals surface area contributed by atoms with Crippen molar-refractivity contribution in [2.75, 3.05) is 0 Å². The zero-order chi connectivity index (χ0) is 7.28. The van der Waals surface area contributed by atoms with Crippen molar-refractivity contribution < 1.29 is 8.78 Å². The molecule has 0 aromatic carbocycles. The van der Waals surface area contributed by atoms with Crippen LogP contribution in [0.5, 0.6) is 0 Å². The van der Waals surface area contributed by atoms with Crippen molar-refractivity contribution in [1.29, 1.82) is 0 Å². The lowest BCUT2D eigenvalue weighted by molar-refractivity contribution is 0.384. The van der Waals surface area contributed by atoms with Gasteiger partial charge in [-0.1, -0.05) is 13.5 Å². The van der Waals surface area contributed by atoms with Crippen molar-refractivity contribution >= 4 is 0 Å². The van der Waals surface area contributed by atoms with Gasteiger partial charge in [0.25, 0.3) is 0 Å². The van der Waals surface area contributed by atoms with Crippen molar-refractivity contribution in [3.05, 3.63) is 24.6 Å². The predicted molar refractivity (Wildman–Crippen MR) is 34.6 cm³/mol. The summed E-state index contributed by atoms with van der Waals surface area (Å²) in [5, 5.41) is 0. The van der Waals surface area contributed by atoms with Crippen LogP contribution in [0, 0.1) is 0 Å². The van der Waals surface area contributed by atoms with Gasteiger partial charge in [-0.05, 0) is 18.6 Å². The number of hydrogen-bond donors (Lipinski definition) is 0. The third-order valence-corrected chi connectivity index (χ3v) is 0.925. The molecule has 0 aliphatic heterocycles. The Kier molecular flexibility index (Phi) is 3.93. The average molecular weight is 132 g/mol. The molecule has 0 saturated heterocycles. The van der Waals surface area contributed by atoms with Crippen molar-refractivity contribution in [1.82, 2.24) is 0 Å². The van der Waals surface area contributed by atoms with E-state index in [1.807, 2.05) is 0 Å². The van der Waals surface area contributed by atoms with E-state index in [2.05, 4.69) is 6.58 Å². The van der Waals surface area contributed by atoms with Crippen LogP contribution in [0.1, 0.15) is 13.3 Å². The molecule has 0 radical (unpaired) electrons. The first kappa shape index (κ1) is 8.34. The van der Waals surface area contributed by atoms with Gasteiger partial charge in [-0.15, -0.1) is 0 Å². The fourth-order valence-electron chi connectivity index (χ4n) is 0.359. The van der Waals surface area contributed by atoms with Crippen LogP contribution in [-0.4, -0.2) is 6.17 Å². The molecule has 0 spiro atoms. The predicted octanol–water partition coefficient (Wildman–Crippen LogP) is 2.77. The van der Waals surface area contributed by atoms with Crippen LogP contribution in [0.4, 0.5) is 8.78 Å². The second kappa shape index (κ2) is 4.24. The fraction of sp³-hybridized carbons (Fsp3) is 0.429. The highest BCUT2D eigenvalue weighted by Gasteiger charge is 1.97. The standard InChI is InChI=1S/C7H10F2/c1-3-6(8)5-7(9)4-2/h3,5,7H,1,4H2,2H3/b6-5+. The largest absolute Gasteiger partial charge is 0.243 e. The summed E-state index contributed by atoms with van der Waals surface area (Å²) < 4.78 is 24.3. The Hall–Kier alpha value is -0.660. The van der Waals surface area contributed by atoms with Crippen LogP contribution < -0.4 is 0 Å². The summed E-state index contributed by atoms with van der Waals surface area (Å²) in [6.45, 7) is 4.79. The van der Waals surface area contributed by atoms with Crippen LogP contribution in [-0.2, 0) is 0 Å². The van der Waals surface area contributed by atoms with Crippen molar-refractivity contribution in [2.45, 2.75) is 19.5 Å². The highest BCUT2D eigenvalue weighted by atomic mass is 19.1. The van der Waals surface area contributed by atoms with Crippen LogP contribution in [0.3, 0.4) is 0 Å². The van der Waals surface area contributed by atoms with E-state index >= 15 is 0 Å². The van der Waals surface area contributed by atoms with Crippen molar-refractivity contribution in [3.8, 4) is 0 Å². The van der Waals surface area contributed by atoms with Crippen LogP contribution in [0.2, 0.25) is 0 Å². The van der Waals surface area contributed by atoms with Gasteiger partial charge < -0.3 is 0 Å². The van der Waals surface area contributed by atoms with E-state index < -0.39 is 12.0 Å². The van der Waals surface area contributed by atoms with Crippen molar-refractivity contribution in [3.63, 3.8) is 0 Å². The summed E-state index contributed by atoms with van der Waals surface area (Å²) in [4.78, 5) is 0. The molecule has 0 rings (SSSR count). The van der Waals surface area contributed by atoms with E-state index in [9.17, 15) is 8.78 Å². The summed E-state index contributed by atoms with van der Waals surface area (Å²) in [5.74, 6) is -0.593. The number of halogens is 2. The summed E-state index contributed by atoms with van der Waals surface area (Å²) in [5.41, 5.74) is 0. The molecule has 0 amide bonds. The van der Waals surface area contributed by atoms with Crippen LogP contribution >= 0.6 is 0 Å². The quantitative estimate of drug-likeness (QED) is 0.518. The molecule has 0 heterocycles. The number of hydrogen-bond acceptors (Lipinski definition) is 0. The Balaban J connectivity index is 3.78. The molecule has 1 unspecified atom stereocenters. The van der Waals surface area contributed by atoms with E-state index in [0.717, 1.165) is 12.2 Å². The minimum absolute atomic E-state index is 0.307. The van der Waals surface area contributed by atoms with E-state index in [4.69, 9.17) is 0 Å². The zero-order valence-electron chi connectivity index (χ0n) is 5.40. The highest BCUT2D eigenvalue weighted by Crippen LogP contribution is 2.04. The van der Waals surface area contributed by atoms with E-state index in [1.54, 1.807) is 6.92 Å². The first-order chi connectivity index (χ1) is 4.20. The Bertz CT molecular complexity index is 116. The molecule has 1 atom stereocenters. The summed E-state index contributed by atoms with van der Waals surface area (Å²) in [6.07, 6.45) is 1.03. The third-order valence-electron chi connectivity index (χ3n) is 0.925. The van der Waals surface area contributed by atoms with Gasteiger partial charge in [0, 0.05) is 0 Å². The topological polar surface area (TPSA) is 0 Å². The molecule has 0 N–H and O–H groups in total. The highest BCUT2D eigenvalue weighted by molar-refractivity contribution is 5.09. The molecule has 0 saturated carbocycles. The van der Waals surface area contributed by atoms with Crippen molar-refractivity contribution in [2.24, 2.45) is 0 Å². The Morgan fingerprint density at radius 2 is 2.33 bits per heavy atom. The monoisotopic (exact) mass is 132 g/mol. The van der Waals surface area contributed by atoms with Crippen LogP contribution in [0.15, 0.2) is 24.6 Å². The molecule has 0 aromatic rings. The smallest absolute Gasteiger partial charge is 0.121 e. The van der Waals surface area contributed by atoms with E-state index in [0.29, 0.717) is 6.42 Å². The minimum Gasteiger partial charge on any atom is -0.243 e. The third kappa shape index (κ3) is 3.88. The number of alkyl halides is 1. The van der Waals surface area contributed by atoms with E-state index in [-0.39, 0.29) is 0 Å². The second-order valence-corrected chi connectivity index (χ2v) is 1.68. The second-order valence-electron chi connectivity index (χ2n) is 1.68. The molecule has 0 aliphatic rings. The lowest BCUT2D eigenvalue weighted by Gasteiger charge is -1.94. The van der Waals surface area contributed by atoms with Gasteiger partial charge >= 0.3 is 0 Å². The first-order valence-electron chi connectivity index (χ1n) is 2.84. The first-order valence-corrected chi connectivity index (χ1v) is 2.84. The molecule has 9 heavy (non-hydrogen) atoms. The maximum Gasteiger partial charge on any atom is 0.121 e. The molecular formula is C7H10F2. The molecule has 0 aromatic heterocycles. The molecule has 0 nitrogen and oxygen atoms in total. The molecule has 0 fully saturated rings. The maximum atomic E-state index is 12.2. The van der Waals surface area contributed by atoms with Gasteiger partial charge in [0.1, 0.15) is 12.0 Å². The molecular weight excluding hydrogens is 122 g/mol. The Morgan fingerprint density at radius 1 is 1.78 bits per heavy atom. The average Bonchev–Trinajstić information content (AvgIpc) is 1.87. The summed E-state index contributed by atoms with van der Waals surface area (Å²) in [6, 6.07) is 0. The molecule has 2 heteroatoms. The summed E-state index contributed by atoms with van der Waals surface area (Å²) in [7, 11) is 0. The number of allylic oxidation sites excluding steroid dienone is 3. The van der Waals surface area contributed by atoms with Gasteiger partial charge in [0.15, 0.2) is 0 Å². The summed E-state index contributed by atoms with van der Waals surface area (Å²) >= 11 is 0. The molecule has 0 aliphatic carbocycles. The Labute approximate surface area is 53.9 Å².